The zero-order chi connectivity index (χ0) is 19.6. The van der Waals surface area contributed by atoms with Crippen molar-refractivity contribution >= 4 is 16.6 Å². The normalized spacial score (nSPS) is 16.2. The molecule has 4 nitrogen and oxygen atoms in total. The minimum absolute atomic E-state index is 0.206. The number of H-pyrrole nitrogens is 1. The van der Waals surface area contributed by atoms with Crippen LogP contribution in [-0.2, 0) is 0 Å². The van der Waals surface area contributed by atoms with Crippen molar-refractivity contribution in [2.24, 2.45) is 0 Å². The lowest BCUT2D eigenvalue weighted by Crippen LogP contribution is -2.48. The van der Waals surface area contributed by atoms with Gasteiger partial charge < -0.3 is 9.88 Å². The molecule has 1 aliphatic heterocycles. The number of aromatic amines is 1. The molecule has 3 heterocycles. The Hall–Kier alpha value is -3.11. The van der Waals surface area contributed by atoms with Crippen LogP contribution in [0.2, 0.25) is 0 Å². The fraction of sp³-hybridized carbons (Fsp3) is 0.240. The molecule has 0 saturated carbocycles. The van der Waals surface area contributed by atoms with Crippen LogP contribution in [0.25, 0.3) is 10.9 Å². The van der Waals surface area contributed by atoms with Crippen LogP contribution in [0, 0.1) is 6.92 Å². The number of anilines is 1. The molecule has 4 heteroatoms. The van der Waals surface area contributed by atoms with Gasteiger partial charge in [0.1, 0.15) is 0 Å². The minimum Gasteiger partial charge on any atom is -0.369 e. The Bertz CT molecular complexity index is 1080. The summed E-state index contributed by atoms with van der Waals surface area (Å²) in [5, 5.41) is 1.31. The number of piperazine rings is 1. The number of pyridine rings is 1. The zero-order valence-corrected chi connectivity index (χ0v) is 16.8. The topological polar surface area (TPSA) is 35.2 Å². The van der Waals surface area contributed by atoms with Crippen molar-refractivity contribution in [1.29, 1.82) is 0 Å². The highest BCUT2D eigenvalue weighted by molar-refractivity contribution is 5.85. The van der Waals surface area contributed by atoms with E-state index in [0.717, 1.165) is 26.2 Å². The second-order valence-corrected chi connectivity index (χ2v) is 7.76. The van der Waals surface area contributed by atoms with E-state index in [1.54, 1.807) is 0 Å². The van der Waals surface area contributed by atoms with E-state index < -0.39 is 0 Å². The highest BCUT2D eigenvalue weighted by atomic mass is 15.3. The lowest BCUT2D eigenvalue weighted by atomic mass is 9.95. The van der Waals surface area contributed by atoms with Gasteiger partial charge in [-0.05, 0) is 36.8 Å². The standard InChI is InChI=1S/C25H26N4/c1-19-24(22-11-5-6-12-23(22)27-19)25(20-8-7-13-26-18-20)29-16-14-28(15-17-29)21-9-3-2-4-10-21/h2-13,18,25,27H,14-17H2,1H3/t25-/m0/s1. The van der Waals surface area contributed by atoms with E-state index in [2.05, 4.69) is 87.4 Å². The third kappa shape index (κ3) is 3.40. The number of rotatable bonds is 4. The van der Waals surface area contributed by atoms with Crippen LogP contribution in [0.15, 0.2) is 79.1 Å². The fourth-order valence-corrected chi connectivity index (χ4v) is 4.63. The lowest BCUT2D eigenvalue weighted by molar-refractivity contribution is 0.212. The van der Waals surface area contributed by atoms with Crippen LogP contribution in [0.3, 0.4) is 0 Å². The Kier molecular flexibility index (Phi) is 4.78. The second kappa shape index (κ2) is 7.72. The molecular formula is C25H26N4. The van der Waals surface area contributed by atoms with Gasteiger partial charge in [-0.1, -0.05) is 42.5 Å². The summed E-state index contributed by atoms with van der Waals surface area (Å²) in [6.07, 6.45) is 3.88. The Morgan fingerprint density at radius 3 is 2.38 bits per heavy atom. The number of aromatic nitrogens is 2. The maximum atomic E-state index is 4.44. The average molecular weight is 383 g/mol. The fourth-order valence-electron chi connectivity index (χ4n) is 4.63. The Balaban J connectivity index is 1.50. The van der Waals surface area contributed by atoms with E-state index in [1.807, 2.05) is 18.5 Å². The number of hydrogen-bond donors (Lipinski definition) is 1. The number of aryl methyl sites for hydroxylation is 1. The summed E-state index contributed by atoms with van der Waals surface area (Å²) in [7, 11) is 0. The Labute approximate surface area is 171 Å². The molecule has 1 atom stereocenters. The van der Waals surface area contributed by atoms with E-state index in [4.69, 9.17) is 0 Å². The van der Waals surface area contributed by atoms with Gasteiger partial charge in [-0.3, -0.25) is 9.88 Å². The van der Waals surface area contributed by atoms with Crippen molar-refractivity contribution in [1.82, 2.24) is 14.9 Å². The molecular weight excluding hydrogens is 356 g/mol. The van der Waals surface area contributed by atoms with Gasteiger partial charge in [-0.15, -0.1) is 0 Å². The quantitative estimate of drug-likeness (QED) is 0.551. The predicted octanol–water partition coefficient (Wildman–Crippen LogP) is 4.78. The smallest absolute Gasteiger partial charge is 0.0642 e. The number of hydrogen-bond acceptors (Lipinski definition) is 3. The predicted molar refractivity (Wildman–Crippen MR) is 119 cm³/mol. The molecule has 0 bridgehead atoms. The molecule has 2 aromatic heterocycles. The monoisotopic (exact) mass is 382 g/mol. The third-order valence-electron chi connectivity index (χ3n) is 6.02. The Morgan fingerprint density at radius 1 is 0.862 bits per heavy atom. The number of fused-ring (bicyclic) bond motifs is 1. The van der Waals surface area contributed by atoms with Crippen LogP contribution in [0.1, 0.15) is 22.9 Å². The first kappa shape index (κ1) is 18.0. The molecule has 2 aromatic carbocycles. The van der Waals surface area contributed by atoms with Crippen LogP contribution < -0.4 is 4.90 Å². The van der Waals surface area contributed by atoms with E-state index in [-0.39, 0.29) is 6.04 Å². The van der Waals surface area contributed by atoms with Gasteiger partial charge in [0.2, 0.25) is 0 Å². The molecule has 0 unspecified atom stereocenters. The first-order valence-corrected chi connectivity index (χ1v) is 10.3. The summed E-state index contributed by atoms with van der Waals surface area (Å²) in [6.45, 7) is 6.30. The summed E-state index contributed by atoms with van der Waals surface area (Å²) in [5.41, 5.74) is 6.39. The molecule has 1 aliphatic rings. The van der Waals surface area contributed by atoms with Crippen molar-refractivity contribution in [3.63, 3.8) is 0 Å². The van der Waals surface area contributed by atoms with Crippen molar-refractivity contribution in [3.8, 4) is 0 Å². The zero-order valence-electron chi connectivity index (χ0n) is 16.8. The molecule has 0 spiro atoms. The molecule has 0 aliphatic carbocycles. The second-order valence-electron chi connectivity index (χ2n) is 7.76. The summed E-state index contributed by atoms with van der Waals surface area (Å²) >= 11 is 0. The lowest BCUT2D eigenvalue weighted by Gasteiger charge is -2.40. The van der Waals surface area contributed by atoms with Gasteiger partial charge in [0.25, 0.3) is 0 Å². The van der Waals surface area contributed by atoms with Crippen molar-refractivity contribution in [2.75, 3.05) is 31.1 Å². The molecule has 0 amide bonds. The van der Waals surface area contributed by atoms with Crippen LogP contribution in [-0.4, -0.2) is 41.0 Å². The van der Waals surface area contributed by atoms with Crippen molar-refractivity contribution in [2.45, 2.75) is 13.0 Å². The van der Waals surface area contributed by atoms with Crippen LogP contribution in [0.4, 0.5) is 5.69 Å². The summed E-state index contributed by atoms with van der Waals surface area (Å²) in [6, 6.07) is 23.8. The maximum absolute atomic E-state index is 4.44. The first-order chi connectivity index (χ1) is 14.3. The summed E-state index contributed by atoms with van der Waals surface area (Å²) in [4.78, 5) is 13.1. The minimum atomic E-state index is 0.206. The van der Waals surface area contributed by atoms with E-state index >= 15 is 0 Å². The van der Waals surface area contributed by atoms with Gasteiger partial charge in [0.05, 0.1) is 6.04 Å². The van der Waals surface area contributed by atoms with Gasteiger partial charge in [-0.2, -0.15) is 0 Å². The van der Waals surface area contributed by atoms with Gasteiger partial charge in [-0.25, -0.2) is 0 Å². The highest BCUT2D eigenvalue weighted by Crippen LogP contribution is 2.36. The average Bonchev–Trinajstić information content (AvgIpc) is 3.12. The highest BCUT2D eigenvalue weighted by Gasteiger charge is 2.29. The summed E-state index contributed by atoms with van der Waals surface area (Å²) < 4.78 is 0. The first-order valence-electron chi connectivity index (χ1n) is 10.3. The third-order valence-corrected chi connectivity index (χ3v) is 6.02. The molecule has 4 aromatic rings. The molecule has 1 fully saturated rings. The molecule has 1 N–H and O–H groups in total. The van der Waals surface area contributed by atoms with Crippen LogP contribution >= 0.6 is 0 Å². The van der Waals surface area contributed by atoms with E-state index in [9.17, 15) is 0 Å². The number of nitrogens with one attached hydrogen (secondary N) is 1. The number of para-hydroxylation sites is 2. The maximum Gasteiger partial charge on any atom is 0.0642 e. The molecule has 0 radical (unpaired) electrons. The molecule has 1 saturated heterocycles. The largest absolute Gasteiger partial charge is 0.369 e. The van der Waals surface area contributed by atoms with Gasteiger partial charge in [0.15, 0.2) is 0 Å². The van der Waals surface area contributed by atoms with Crippen LogP contribution in [0.5, 0.6) is 0 Å². The molecule has 29 heavy (non-hydrogen) atoms. The SMILES string of the molecule is Cc1[nH]c2ccccc2c1[C@H](c1cccnc1)N1CCN(c2ccccc2)CC1. The van der Waals surface area contributed by atoms with E-state index in [0.29, 0.717) is 0 Å². The van der Waals surface area contributed by atoms with Gasteiger partial charge >= 0.3 is 0 Å². The van der Waals surface area contributed by atoms with Crippen molar-refractivity contribution in [3.05, 3.63) is 95.9 Å². The molecule has 146 valence electrons. The number of benzene rings is 2. The summed E-state index contributed by atoms with van der Waals surface area (Å²) in [5.74, 6) is 0. The van der Waals surface area contributed by atoms with Gasteiger partial charge in [0, 0.05) is 66.4 Å². The Morgan fingerprint density at radius 2 is 1.62 bits per heavy atom. The van der Waals surface area contributed by atoms with Crippen molar-refractivity contribution < 1.29 is 0 Å². The van der Waals surface area contributed by atoms with E-state index in [1.165, 1.54) is 33.4 Å². The number of nitrogens with zero attached hydrogens (tertiary/aromatic N) is 3. The molecule has 5 rings (SSSR count).